The molecule has 2 unspecified atom stereocenters. The fraction of sp³-hybridized carbons (Fsp3) is 0.714. The van der Waals surface area contributed by atoms with Gasteiger partial charge in [0.25, 0.3) is 0 Å². The second-order valence-corrected chi connectivity index (χ2v) is 5.70. The molecular weight excluding hydrogens is 370 g/mol. The van der Waals surface area contributed by atoms with Crippen molar-refractivity contribution in [2.24, 2.45) is 5.41 Å². The lowest BCUT2D eigenvalue weighted by molar-refractivity contribution is -0.123. The van der Waals surface area contributed by atoms with E-state index >= 15 is 0 Å². The highest BCUT2D eigenvalue weighted by Gasteiger charge is 2.52. The summed E-state index contributed by atoms with van der Waals surface area (Å²) in [6, 6.07) is 0. The van der Waals surface area contributed by atoms with E-state index in [9.17, 15) is 9.59 Å². The molecule has 2 atom stereocenters. The molecule has 1 rings (SSSR count). The largest absolute Gasteiger partial charge is 0.297 e. The first-order chi connectivity index (χ1) is 4.89. The molecule has 1 aliphatic rings. The molecule has 2 nitrogen and oxygen atoms in total. The Labute approximate surface area is 92.8 Å². The Balaban J connectivity index is 3.06. The first-order valence-corrected chi connectivity index (χ1v) is 5.74. The minimum Gasteiger partial charge on any atom is -0.297 e. The number of carbonyl (C=O) groups excluding carboxylic acids is 2. The molecule has 1 fully saturated rings. The fourth-order valence-electron chi connectivity index (χ4n) is 1.06. The molecule has 0 bridgehead atoms. The van der Waals surface area contributed by atoms with Crippen molar-refractivity contribution >= 4 is 56.7 Å². The first kappa shape index (κ1) is 9.88. The van der Waals surface area contributed by atoms with Crippen LogP contribution in [0.1, 0.15) is 13.8 Å². The molecule has 0 N–H and O–H groups in total. The zero-order valence-corrected chi connectivity index (χ0v) is 10.5. The molecule has 0 spiro atoms. The number of Topliss-reactive ketones (excluding diaryl/α,β-unsaturated/α-hetero) is 2. The highest BCUT2D eigenvalue weighted by atomic mass is 127. The van der Waals surface area contributed by atoms with Crippen molar-refractivity contribution < 1.29 is 9.59 Å². The molecule has 0 saturated heterocycles. The molecule has 0 radical (unpaired) electrons. The van der Waals surface area contributed by atoms with Crippen LogP contribution >= 0.6 is 45.2 Å². The van der Waals surface area contributed by atoms with Crippen LogP contribution in [0, 0.1) is 5.41 Å². The van der Waals surface area contributed by atoms with Gasteiger partial charge in [0, 0.05) is 5.41 Å². The number of carbonyl (C=O) groups is 2. The second kappa shape index (κ2) is 2.93. The van der Waals surface area contributed by atoms with Crippen LogP contribution in [0.5, 0.6) is 0 Å². The van der Waals surface area contributed by atoms with E-state index in [1.54, 1.807) is 0 Å². The summed E-state index contributed by atoms with van der Waals surface area (Å²) in [5.74, 6) is 0.142. The standard InChI is InChI=1S/C7H8I2O2/c1-7(2)5(9)4(10)3(8)6(7)11/h3,5H,1-2H3. The Kier molecular flexibility index (Phi) is 2.64. The predicted octanol–water partition coefficient (Wildman–Crippen LogP) is 1.77. The van der Waals surface area contributed by atoms with E-state index in [2.05, 4.69) is 22.6 Å². The number of halogens is 2. The Morgan fingerprint density at radius 1 is 1.27 bits per heavy atom. The second-order valence-electron chi connectivity index (χ2n) is 3.21. The summed E-state index contributed by atoms with van der Waals surface area (Å²) in [6.07, 6.45) is 0. The molecule has 62 valence electrons. The third-order valence-corrected chi connectivity index (χ3v) is 5.35. The Morgan fingerprint density at radius 2 is 1.73 bits per heavy atom. The van der Waals surface area contributed by atoms with E-state index in [0.717, 1.165) is 0 Å². The Morgan fingerprint density at radius 3 is 1.82 bits per heavy atom. The highest BCUT2D eigenvalue weighted by molar-refractivity contribution is 14.1. The van der Waals surface area contributed by atoms with E-state index in [4.69, 9.17) is 0 Å². The van der Waals surface area contributed by atoms with E-state index in [-0.39, 0.29) is 15.5 Å². The zero-order valence-electron chi connectivity index (χ0n) is 6.23. The topological polar surface area (TPSA) is 34.1 Å². The highest BCUT2D eigenvalue weighted by Crippen LogP contribution is 2.40. The molecule has 11 heavy (non-hydrogen) atoms. The maximum Gasteiger partial charge on any atom is 0.166 e. The third kappa shape index (κ3) is 1.36. The Bertz CT molecular complexity index is 222. The summed E-state index contributed by atoms with van der Waals surface area (Å²) in [6.45, 7) is 3.67. The van der Waals surface area contributed by atoms with Gasteiger partial charge >= 0.3 is 0 Å². The maximum absolute atomic E-state index is 11.4. The Hall–Kier alpha value is 0.800. The van der Waals surface area contributed by atoms with Crippen LogP contribution in [0.25, 0.3) is 0 Å². The average molecular weight is 378 g/mol. The lowest BCUT2D eigenvalue weighted by atomic mass is 9.91. The van der Waals surface area contributed by atoms with Crippen LogP contribution in [-0.2, 0) is 9.59 Å². The van der Waals surface area contributed by atoms with Crippen LogP contribution < -0.4 is 0 Å². The fourth-order valence-corrected chi connectivity index (χ4v) is 3.58. The summed E-state index contributed by atoms with van der Waals surface area (Å²) in [5, 5.41) is 0. The van der Waals surface area contributed by atoms with E-state index < -0.39 is 9.34 Å². The number of rotatable bonds is 0. The van der Waals surface area contributed by atoms with Gasteiger partial charge in [-0.25, -0.2) is 0 Å². The van der Waals surface area contributed by atoms with Gasteiger partial charge < -0.3 is 0 Å². The quantitative estimate of drug-likeness (QED) is 0.366. The van der Waals surface area contributed by atoms with Gasteiger partial charge in [-0.15, -0.1) is 0 Å². The number of hydrogen-bond acceptors (Lipinski definition) is 2. The molecule has 1 aliphatic carbocycles. The molecule has 0 amide bonds. The minimum atomic E-state index is -0.455. The lowest BCUT2D eigenvalue weighted by Gasteiger charge is -2.17. The van der Waals surface area contributed by atoms with Gasteiger partial charge in [-0.3, -0.25) is 9.59 Å². The molecule has 0 aromatic heterocycles. The molecule has 0 aliphatic heterocycles. The van der Waals surface area contributed by atoms with Crippen LogP contribution in [0.3, 0.4) is 0 Å². The van der Waals surface area contributed by atoms with Crippen molar-refractivity contribution in [2.45, 2.75) is 21.7 Å². The third-order valence-electron chi connectivity index (χ3n) is 2.00. The molecular formula is C7H8I2O2. The summed E-state index contributed by atoms with van der Waals surface area (Å²) in [5.41, 5.74) is -0.455. The molecule has 1 saturated carbocycles. The molecule has 0 aromatic carbocycles. The van der Waals surface area contributed by atoms with Gasteiger partial charge in [0.2, 0.25) is 0 Å². The van der Waals surface area contributed by atoms with E-state index in [1.807, 2.05) is 36.4 Å². The minimum absolute atomic E-state index is 0.0706. The first-order valence-electron chi connectivity index (χ1n) is 3.25. The van der Waals surface area contributed by atoms with Gasteiger partial charge in [0.05, 0.1) is 3.92 Å². The predicted molar refractivity (Wildman–Crippen MR) is 59.4 cm³/mol. The summed E-state index contributed by atoms with van der Waals surface area (Å²) >= 11 is 3.98. The summed E-state index contributed by atoms with van der Waals surface area (Å²) in [4.78, 5) is 22.7. The van der Waals surface area contributed by atoms with E-state index in [1.165, 1.54) is 0 Å². The summed E-state index contributed by atoms with van der Waals surface area (Å²) in [7, 11) is 0. The molecule has 0 heterocycles. The van der Waals surface area contributed by atoms with Crippen molar-refractivity contribution in [3.05, 3.63) is 0 Å². The van der Waals surface area contributed by atoms with Crippen LogP contribution in [-0.4, -0.2) is 19.4 Å². The number of alkyl halides is 2. The normalized spacial score (nSPS) is 36.4. The lowest BCUT2D eigenvalue weighted by Crippen LogP contribution is -2.27. The van der Waals surface area contributed by atoms with Crippen LogP contribution in [0.4, 0.5) is 0 Å². The smallest absolute Gasteiger partial charge is 0.166 e. The van der Waals surface area contributed by atoms with Gasteiger partial charge in [-0.05, 0) is 0 Å². The maximum atomic E-state index is 11.4. The average Bonchev–Trinajstić information content (AvgIpc) is 2.06. The SMILES string of the molecule is CC1(C)C(=O)C(I)C(=O)C1I. The zero-order chi connectivity index (χ0) is 8.81. The van der Waals surface area contributed by atoms with Crippen LogP contribution in [0.15, 0.2) is 0 Å². The molecule has 0 aromatic rings. The van der Waals surface area contributed by atoms with Crippen molar-refractivity contribution in [2.75, 3.05) is 0 Å². The number of ketones is 2. The van der Waals surface area contributed by atoms with Crippen molar-refractivity contribution in [3.63, 3.8) is 0 Å². The monoisotopic (exact) mass is 378 g/mol. The molecule has 4 heteroatoms. The van der Waals surface area contributed by atoms with Crippen molar-refractivity contribution in [1.29, 1.82) is 0 Å². The van der Waals surface area contributed by atoms with Gasteiger partial charge in [0.1, 0.15) is 3.92 Å². The van der Waals surface area contributed by atoms with Crippen molar-refractivity contribution in [1.82, 2.24) is 0 Å². The van der Waals surface area contributed by atoms with Gasteiger partial charge in [0.15, 0.2) is 11.6 Å². The number of hydrogen-bond donors (Lipinski definition) is 0. The van der Waals surface area contributed by atoms with E-state index in [0.29, 0.717) is 0 Å². The summed E-state index contributed by atoms with van der Waals surface area (Å²) < 4.78 is -0.556. The van der Waals surface area contributed by atoms with Gasteiger partial charge in [-0.1, -0.05) is 59.0 Å². The van der Waals surface area contributed by atoms with Gasteiger partial charge in [-0.2, -0.15) is 0 Å². The van der Waals surface area contributed by atoms with Crippen molar-refractivity contribution in [3.8, 4) is 0 Å². The van der Waals surface area contributed by atoms with Crippen LogP contribution in [0.2, 0.25) is 0 Å².